The molecule has 1 atom stereocenters. The highest BCUT2D eigenvalue weighted by molar-refractivity contribution is 5.89. The minimum absolute atomic E-state index is 0.0126. The Labute approximate surface area is 162 Å². The highest BCUT2D eigenvalue weighted by Crippen LogP contribution is 2.16. The Bertz CT molecular complexity index is 668. The maximum Gasteiger partial charge on any atom is 0.237 e. The molecular formula is C21H32N4O2. The molecule has 1 aromatic rings. The van der Waals surface area contributed by atoms with Gasteiger partial charge in [0, 0.05) is 51.9 Å². The molecular weight excluding hydrogens is 340 g/mol. The fourth-order valence-electron chi connectivity index (χ4n) is 4.08. The van der Waals surface area contributed by atoms with E-state index in [2.05, 4.69) is 60.2 Å². The van der Waals surface area contributed by atoms with Crippen LogP contribution in [0.2, 0.25) is 0 Å². The summed E-state index contributed by atoms with van der Waals surface area (Å²) in [6, 6.07) is 8.52. The number of nitrogens with zero attached hydrogens (tertiary/aromatic N) is 3. The van der Waals surface area contributed by atoms with Gasteiger partial charge in [-0.2, -0.15) is 0 Å². The molecule has 148 valence electrons. The second kappa shape index (κ2) is 8.85. The molecule has 27 heavy (non-hydrogen) atoms. The van der Waals surface area contributed by atoms with Gasteiger partial charge in [0.1, 0.15) is 0 Å². The summed E-state index contributed by atoms with van der Waals surface area (Å²) in [7, 11) is 0. The number of amides is 2. The monoisotopic (exact) mass is 372 g/mol. The summed E-state index contributed by atoms with van der Waals surface area (Å²) < 4.78 is 0. The first-order valence-corrected chi connectivity index (χ1v) is 10.0. The zero-order valence-corrected chi connectivity index (χ0v) is 16.8. The van der Waals surface area contributed by atoms with Crippen LogP contribution in [0.5, 0.6) is 0 Å². The Balaban J connectivity index is 1.51. The number of benzene rings is 1. The third kappa shape index (κ3) is 5.08. The molecule has 0 aliphatic carbocycles. The summed E-state index contributed by atoms with van der Waals surface area (Å²) in [5.41, 5.74) is 2.60. The van der Waals surface area contributed by atoms with Crippen molar-refractivity contribution in [2.45, 2.75) is 45.8 Å². The van der Waals surface area contributed by atoms with Crippen LogP contribution in [0.1, 0.15) is 31.4 Å². The molecule has 2 saturated heterocycles. The van der Waals surface area contributed by atoms with E-state index in [1.54, 1.807) is 0 Å². The lowest BCUT2D eigenvalue weighted by atomic mass is 10.1. The zero-order chi connectivity index (χ0) is 19.4. The van der Waals surface area contributed by atoms with Crippen LogP contribution in [0.15, 0.2) is 24.3 Å². The Morgan fingerprint density at radius 1 is 1.19 bits per heavy atom. The van der Waals surface area contributed by atoms with E-state index in [0.717, 1.165) is 39.3 Å². The molecule has 0 spiro atoms. The SMILES string of the molecule is Cc1cccc(CN2CCN(C(=O)C[C@@H]3C(=O)NCCN3C(C)C)CC2)c1. The average Bonchev–Trinajstić information content (AvgIpc) is 2.63. The number of hydrogen-bond donors (Lipinski definition) is 1. The lowest BCUT2D eigenvalue weighted by molar-refractivity contribution is -0.140. The van der Waals surface area contributed by atoms with E-state index in [4.69, 9.17) is 0 Å². The van der Waals surface area contributed by atoms with Gasteiger partial charge in [-0.1, -0.05) is 29.8 Å². The molecule has 1 aromatic carbocycles. The second-order valence-corrected chi connectivity index (χ2v) is 7.99. The molecule has 2 aliphatic rings. The lowest BCUT2D eigenvalue weighted by Crippen LogP contribution is -2.59. The first kappa shape index (κ1) is 19.8. The van der Waals surface area contributed by atoms with Crippen LogP contribution in [0, 0.1) is 6.92 Å². The van der Waals surface area contributed by atoms with Crippen molar-refractivity contribution in [2.75, 3.05) is 39.3 Å². The largest absolute Gasteiger partial charge is 0.353 e. The highest BCUT2D eigenvalue weighted by Gasteiger charge is 2.34. The van der Waals surface area contributed by atoms with E-state index in [0.29, 0.717) is 6.54 Å². The summed E-state index contributed by atoms with van der Waals surface area (Å²) in [6.07, 6.45) is 0.280. The van der Waals surface area contributed by atoms with E-state index in [9.17, 15) is 9.59 Å². The van der Waals surface area contributed by atoms with Gasteiger partial charge in [-0.15, -0.1) is 0 Å². The second-order valence-electron chi connectivity index (χ2n) is 7.99. The number of nitrogens with one attached hydrogen (secondary N) is 1. The minimum Gasteiger partial charge on any atom is -0.353 e. The fraction of sp³-hybridized carbons (Fsp3) is 0.619. The molecule has 2 fully saturated rings. The lowest BCUT2D eigenvalue weighted by Gasteiger charge is -2.39. The van der Waals surface area contributed by atoms with Crippen molar-refractivity contribution in [3.05, 3.63) is 35.4 Å². The number of piperazine rings is 2. The van der Waals surface area contributed by atoms with Crippen LogP contribution in [-0.2, 0) is 16.1 Å². The van der Waals surface area contributed by atoms with Gasteiger partial charge in [-0.3, -0.25) is 19.4 Å². The first-order valence-electron chi connectivity index (χ1n) is 10.0. The van der Waals surface area contributed by atoms with Crippen molar-refractivity contribution in [3.8, 4) is 0 Å². The van der Waals surface area contributed by atoms with Gasteiger partial charge < -0.3 is 10.2 Å². The molecule has 2 aliphatic heterocycles. The third-order valence-electron chi connectivity index (χ3n) is 5.62. The predicted molar refractivity (Wildman–Crippen MR) is 106 cm³/mol. The number of aryl methyl sites for hydroxylation is 1. The number of carbonyl (C=O) groups is 2. The van der Waals surface area contributed by atoms with Crippen LogP contribution >= 0.6 is 0 Å². The summed E-state index contributed by atoms with van der Waals surface area (Å²) in [6.45, 7) is 11.9. The Morgan fingerprint density at radius 3 is 2.59 bits per heavy atom. The van der Waals surface area contributed by atoms with Crippen molar-refractivity contribution in [2.24, 2.45) is 0 Å². The molecule has 0 bridgehead atoms. The van der Waals surface area contributed by atoms with E-state index >= 15 is 0 Å². The van der Waals surface area contributed by atoms with Gasteiger partial charge in [-0.25, -0.2) is 0 Å². The molecule has 1 N–H and O–H groups in total. The van der Waals surface area contributed by atoms with Gasteiger partial charge in [0.15, 0.2) is 0 Å². The van der Waals surface area contributed by atoms with Gasteiger partial charge in [0.05, 0.1) is 12.5 Å². The predicted octanol–water partition coefficient (Wildman–Crippen LogP) is 1.24. The summed E-state index contributed by atoms with van der Waals surface area (Å²) in [5.74, 6) is 0.0827. The van der Waals surface area contributed by atoms with Crippen LogP contribution in [0.3, 0.4) is 0 Å². The maximum absolute atomic E-state index is 12.8. The van der Waals surface area contributed by atoms with Gasteiger partial charge in [-0.05, 0) is 26.3 Å². The normalized spacial score (nSPS) is 22.1. The molecule has 2 amide bonds. The standard InChI is InChI=1S/C21H32N4O2/c1-16(2)25-8-7-22-21(27)19(25)14-20(26)24-11-9-23(10-12-24)15-18-6-4-5-17(3)13-18/h4-6,13,16,19H,7-12,14-15H2,1-3H3,(H,22,27)/t19-/m1/s1. The van der Waals surface area contributed by atoms with Crippen molar-refractivity contribution in [1.82, 2.24) is 20.0 Å². The average molecular weight is 373 g/mol. The van der Waals surface area contributed by atoms with Gasteiger partial charge in [0.25, 0.3) is 0 Å². The highest BCUT2D eigenvalue weighted by atomic mass is 16.2. The third-order valence-corrected chi connectivity index (χ3v) is 5.62. The molecule has 0 saturated carbocycles. The summed E-state index contributed by atoms with van der Waals surface area (Å²) in [5, 5.41) is 2.90. The molecule has 2 heterocycles. The van der Waals surface area contributed by atoms with Crippen LogP contribution in [0.25, 0.3) is 0 Å². The smallest absolute Gasteiger partial charge is 0.237 e. The Kier molecular flexibility index (Phi) is 6.50. The van der Waals surface area contributed by atoms with E-state index in [-0.39, 0.29) is 30.3 Å². The quantitative estimate of drug-likeness (QED) is 0.845. The van der Waals surface area contributed by atoms with Gasteiger partial charge >= 0.3 is 0 Å². The number of hydrogen-bond acceptors (Lipinski definition) is 4. The van der Waals surface area contributed by atoms with E-state index < -0.39 is 0 Å². The topological polar surface area (TPSA) is 55.9 Å². The molecule has 3 rings (SSSR count). The molecule has 6 heteroatoms. The van der Waals surface area contributed by atoms with Crippen molar-refractivity contribution < 1.29 is 9.59 Å². The van der Waals surface area contributed by atoms with Crippen molar-refractivity contribution in [1.29, 1.82) is 0 Å². The maximum atomic E-state index is 12.8. The van der Waals surface area contributed by atoms with Crippen LogP contribution < -0.4 is 5.32 Å². The zero-order valence-electron chi connectivity index (χ0n) is 16.8. The van der Waals surface area contributed by atoms with Crippen molar-refractivity contribution >= 4 is 11.8 Å². The summed E-state index contributed by atoms with van der Waals surface area (Å²) in [4.78, 5) is 31.5. The fourth-order valence-corrected chi connectivity index (χ4v) is 4.08. The molecule has 0 unspecified atom stereocenters. The number of carbonyl (C=O) groups excluding carboxylic acids is 2. The number of rotatable bonds is 5. The van der Waals surface area contributed by atoms with E-state index in [1.165, 1.54) is 11.1 Å². The van der Waals surface area contributed by atoms with Crippen LogP contribution in [0.4, 0.5) is 0 Å². The van der Waals surface area contributed by atoms with Gasteiger partial charge in [0.2, 0.25) is 11.8 Å². The van der Waals surface area contributed by atoms with E-state index in [1.807, 2.05) is 4.90 Å². The Morgan fingerprint density at radius 2 is 1.93 bits per heavy atom. The minimum atomic E-state index is -0.337. The van der Waals surface area contributed by atoms with Crippen molar-refractivity contribution in [3.63, 3.8) is 0 Å². The summed E-state index contributed by atoms with van der Waals surface area (Å²) >= 11 is 0. The molecule has 0 aromatic heterocycles. The van der Waals surface area contributed by atoms with Crippen LogP contribution in [-0.4, -0.2) is 77.9 Å². The molecule has 0 radical (unpaired) electrons. The first-order chi connectivity index (χ1) is 12.9. The Hall–Kier alpha value is -1.92. The molecule has 6 nitrogen and oxygen atoms in total.